The van der Waals surface area contributed by atoms with Crippen LogP contribution < -0.4 is 5.73 Å². The van der Waals surface area contributed by atoms with Crippen molar-refractivity contribution in [3.8, 4) is 0 Å². The topological polar surface area (TPSA) is 96.2 Å². The van der Waals surface area contributed by atoms with E-state index < -0.39 is 54.0 Å². The minimum atomic E-state index is -5.06. The summed E-state index contributed by atoms with van der Waals surface area (Å²) in [6.45, 7) is -0.511. The van der Waals surface area contributed by atoms with E-state index in [1.165, 1.54) is 14.7 Å². The molecule has 234 valence electrons. The first kappa shape index (κ1) is 32.6. The van der Waals surface area contributed by atoms with E-state index in [1.54, 1.807) is 12.1 Å². The molecule has 2 heterocycles. The van der Waals surface area contributed by atoms with E-state index in [1.807, 2.05) is 12.1 Å². The zero-order valence-corrected chi connectivity index (χ0v) is 24.3. The molecule has 0 bridgehead atoms. The molecule has 0 unspecified atom stereocenters. The molecule has 4 rings (SSSR count). The summed E-state index contributed by atoms with van der Waals surface area (Å²) in [7, 11) is 0. The van der Waals surface area contributed by atoms with Crippen molar-refractivity contribution < 1.29 is 45.5 Å². The summed E-state index contributed by atoms with van der Waals surface area (Å²) >= 11 is 3.46. The maximum atomic E-state index is 13.6. The lowest BCUT2D eigenvalue weighted by Gasteiger charge is -2.52. The van der Waals surface area contributed by atoms with E-state index in [2.05, 4.69) is 15.9 Å². The van der Waals surface area contributed by atoms with Crippen LogP contribution in [0.25, 0.3) is 0 Å². The number of fused-ring (bicyclic) bond motifs is 1. The van der Waals surface area contributed by atoms with Crippen LogP contribution in [-0.2, 0) is 39.8 Å². The van der Waals surface area contributed by atoms with Crippen LogP contribution in [-0.4, -0.2) is 64.4 Å². The predicted molar refractivity (Wildman–Crippen MR) is 145 cm³/mol. The number of hydrogen-bond acceptors (Lipinski definition) is 5. The smallest absolute Gasteiger partial charge is 0.416 e. The molecule has 8 nitrogen and oxygen atoms in total. The van der Waals surface area contributed by atoms with Gasteiger partial charge in [0.1, 0.15) is 18.8 Å². The van der Waals surface area contributed by atoms with Gasteiger partial charge in [0.15, 0.2) is 0 Å². The number of nitrogens with zero attached hydrogens (tertiary/aromatic N) is 3. The van der Waals surface area contributed by atoms with Gasteiger partial charge >= 0.3 is 18.4 Å². The summed E-state index contributed by atoms with van der Waals surface area (Å²) in [5.41, 5.74) is 2.84. The Balaban J connectivity index is 1.59. The molecule has 2 aliphatic rings. The van der Waals surface area contributed by atoms with Gasteiger partial charge in [-0.1, -0.05) is 34.1 Å². The summed E-state index contributed by atoms with van der Waals surface area (Å²) in [5.74, 6) is -0.662. The molecule has 3 amide bonds. The fraction of sp³-hybridized carbons (Fsp3) is 0.464. The summed E-state index contributed by atoms with van der Waals surface area (Å²) in [4.78, 5) is 44.0. The van der Waals surface area contributed by atoms with Crippen LogP contribution >= 0.6 is 15.9 Å². The normalized spacial score (nSPS) is 19.5. The average Bonchev–Trinajstić information content (AvgIpc) is 2.94. The summed E-state index contributed by atoms with van der Waals surface area (Å²) in [6.07, 6.45) is -10.8. The number of unbranched alkanes of at least 4 members (excludes halogenated alkanes) is 1. The third-order valence-electron chi connectivity index (χ3n) is 7.35. The number of rotatable bonds is 8. The Morgan fingerprint density at radius 2 is 1.65 bits per heavy atom. The van der Waals surface area contributed by atoms with Crippen molar-refractivity contribution in [3.63, 3.8) is 0 Å². The van der Waals surface area contributed by atoms with E-state index in [4.69, 9.17) is 10.5 Å². The molecular formula is C28H29BrF6N4O4. The highest BCUT2D eigenvalue weighted by Crippen LogP contribution is 2.37. The van der Waals surface area contributed by atoms with Gasteiger partial charge in [0.25, 0.3) is 0 Å². The fourth-order valence-corrected chi connectivity index (χ4v) is 5.67. The maximum absolute atomic E-state index is 13.6. The lowest BCUT2D eigenvalue weighted by Crippen LogP contribution is -2.71. The first-order chi connectivity index (χ1) is 20.2. The highest BCUT2D eigenvalue weighted by atomic mass is 79.9. The second-order valence-electron chi connectivity index (χ2n) is 10.3. The number of nitrogens with two attached hydrogens (primary N) is 1. The lowest BCUT2D eigenvalue weighted by molar-refractivity contribution is -0.169. The molecule has 2 fully saturated rings. The molecule has 2 aromatic rings. The minimum Gasteiger partial charge on any atom is -0.444 e. The summed E-state index contributed by atoms with van der Waals surface area (Å²) in [6, 6.07) is 7.29. The van der Waals surface area contributed by atoms with Gasteiger partial charge in [0.05, 0.1) is 17.7 Å². The second kappa shape index (κ2) is 13.1. The molecule has 0 aromatic heterocycles. The summed E-state index contributed by atoms with van der Waals surface area (Å²) in [5, 5.41) is 0. The quantitative estimate of drug-likeness (QED) is 0.293. The van der Waals surface area contributed by atoms with Crippen LogP contribution in [0.1, 0.15) is 47.9 Å². The zero-order chi connectivity index (χ0) is 31.5. The van der Waals surface area contributed by atoms with Crippen LogP contribution in [0, 0.1) is 0 Å². The highest BCUT2D eigenvalue weighted by molar-refractivity contribution is 9.10. The monoisotopic (exact) mass is 678 g/mol. The number of carbonyl (C=O) groups is 3. The number of ether oxygens (including phenoxy) is 1. The third kappa shape index (κ3) is 7.61. The van der Waals surface area contributed by atoms with Crippen LogP contribution in [0.5, 0.6) is 0 Å². The first-order valence-electron chi connectivity index (χ1n) is 13.5. The van der Waals surface area contributed by atoms with Gasteiger partial charge in [-0.05, 0) is 61.2 Å². The molecular weight excluding hydrogens is 650 g/mol. The fourth-order valence-electron chi connectivity index (χ4n) is 5.26. The van der Waals surface area contributed by atoms with Crippen molar-refractivity contribution in [2.24, 2.45) is 5.73 Å². The van der Waals surface area contributed by atoms with Gasteiger partial charge < -0.3 is 20.3 Å². The van der Waals surface area contributed by atoms with Crippen molar-refractivity contribution in [1.29, 1.82) is 0 Å². The SMILES string of the molecule is NCCCC[C@H]1C(=O)N(Cc2ccccc2Br)C[C@@H]2N(C(=O)OCc3cc(C(F)(F)F)cc(C(F)(F)F)c3)CCC(=O)N21. The van der Waals surface area contributed by atoms with Gasteiger partial charge in [0.2, 0.25) is 11.8 Å². The predicted octanol–water partition coefficient (Wildman–Crippen LogP) is 5.52. The Kier molecular flexibility index (Phi) is 9.94. The molecule has 0 aliphatic carbocycles. The highest BCUT2D eigenvalue weighted by Gasteiger charge is 2.49. The molecule has 15 heteroatoms. The second-order valence-corrected chi connectivity index (χ2v) is 11.2. The van der Waals surface area contributed by atoms with Gasteiger partial charge in [-0.25, -0.2) is 4.79 Å². The van der Waals surface area contributed by atoms with Crippen molar-refractivity contribution in [1.82, 2.24) is 14.7 Å². The number of piperazine rings is 1. The lowest BCUT2D eigenvalue weighted by atomic mass is 9.98. The van der Waals surface area contributed by atoms with Gasteiger partial charge in [0, 0.05) is 24.0 Å². The average molecular weight is 679 g/mol. The van der Waals surface area contributed by atoms with E-state index in [-0.39, 0.29) is 50.4 Å². The van der Waals surface area contributed by atoms with Crippen molar-refractivity contribution >= 4 is 33.8 Å². The Bertz CT molecular complexity index is 1320. The number of hydrogen-bond donors (Lipinski definition) is 1. The summed E-state index contributed by atoms with van der Waals surface area (Å²) < 4.78 is 85.7. The molecule has 2 N–H and O–H groups in total. The van der Waals surface area contributed by atoms with E-state index in [0.717, 1.165) is 10.0 Å². The number of halogens is 7. The molecule has 0 radical (unpaired) electrons. The van der Waals surface area contributed by atoms with Crippen LogP contribution in [0.2, 0.25) is 0 Å². The van der Waals surface area contributed by atoms with Crippen molar-refractivity contribution in [2.45, 2.75) is 63.4 Å². The standard InChI is InChI=1S/C28H29BrF6N4O4/c29-21-6-2-1-5-18(21)14-37-15-23-38(10-8-24(40)39(23)22(25(37)41)7-3-4-9-36)26(42)43-16-17-11-19(27(30,31)32)13-20(12-17)28(33,34)35/h1-2,5-6,11-13,22-23H,3-4,7-10,14-16,36H2/t22-,23+/m0/s1. The van der Waals surface area contributed by atoms with E-state index in [9.17, 15) is 40.7 Å². The molecule has 2 aromatic carbocycles. The first-order valence-corrected chi connectivity index (χ1v) is 14.2. The number of benzene rings is 2. The Morgan fingerprint density at radius 1 is 1.00 bits per heavy atom. The van der Waals surface area contributed by atoms with Crippen LogP contribution in [0.3, 0.4) is 0 Å². The molecule has 0 saturated carbocycles. The van der Waals surface area contributed by atoms with Gasteiger partial charge in [-0.15, -0.1) is 0 Å². The number of carbonyl (C=O) groups excluding carboxylic acids is 3. The molecule has 43 heavy (non-hydrogen) atoms. The van der Waals surface area contributed by atoms with Crippen molar-refractivity contribution in [3.05, 3.63) is 69.2 Å². The molecule has 0 spiro atoms. The Labute approximate surface area is 251 Å². The van der Waals surface area contributed by atoms with E-state index in [0.29, 0.717) is 31.5 Å². The Hall–Kier alpha value is -3.33. The molecule has 2 saturated heterocycles. The van der Waals surface area contributed by atoms with Gasteiger partial charge in [-0.3, -0.25) is 14.5 Å². The zero-order valence-electron chi connectivity index (χ0n) is 22.8. The van der Waals surface area contributed by atoms with Gasteiger partial charge in [-0.2, -0.15) is 26.3 Å². The molecule has 2 aliphatic heterocycles. The van der Waals surface area contributed by atoms with Crippen LogP contribution in [0.15, 0.2) is 46.9 Å². The largest absolute Gasteiger partial charge is 0.444 e. The number of amides is 3. The van der Waals surface area contributed by atoms with E-state index >= 15 is 0 Å². The number of alkyl halides is 6. The molecule has 2 atom stereocenters. The van der Waals surface area contributed by atoms with Crippen LogP contribution in [0.4, 0.5) is 31.1 Å². The minimum absolute atomic E-state index is 0.0109. The third-order valence-corrected chi connectivity index (χ3v) is 8.12. The van der Waals surface area contributed by atoms with Crippen molar-refractivity contribution in [2.75, 3.05) is 19.6 Å². The maximum Gasteiger partial charge on any atom is 0.416 e. The Morgan fingerprint density at radius 3 is 2.26 bits per heavy atom.